The summed E-state index contributed by atoms with van der Waals surface area (Å²) in [6.07, 6.45) is 0. The molecule has 2 rings (SSSR count). The molecule has 0 aliphatic carbocycles. The summed E-state index contributed by atoms with van der Waals surface area (Å²) in [6, 6.07) is 5.80. The summed E-state index contributed by atoms with van der Waals surface area (Å²) in [6.45, 7) is 3.87. The number of sulfonamides is 1. The van der Waals surface area contributed by atoms with Crippen molar-refractivity contribution in [3.05, 3.63) is 29.6 Å². The second-order valence-corrected chi connectivity index (χ2v) is 6.36. The van der Waals surface area contributed by atoms with Gasteiger partial charge in [0, 0.05) is 13.6 Å². The van der Waals surface area contributed by atoms with Gasteiger partial charge >= 0.3 is 0 Å². The minimum atomic E-state index is -3.15. The number of nitrogens with zero attached hydrogens (tertiary/aromatic N) is 2. The zero-order chi connectivity index (χ0) is 13.3. The lowest BCUT2D eigenvalue weighted by atomic mass is 10.2. The van der Waals surface area contributed by atoms with Gasteiger partial charge in [-0.15, -0.1) is 0 Å². The monoisotopic (exact) mass is 267 g/mol. The van der Waals surface area contributed by atoms with E-state index in [1.54, 1.807) is 6.92 Å². The maximum Gasteiger partial charge on any atom is 0.211 e. The summed E-state index contributed by atoms with van der Waals surface area (Å²) in [5.41, 5.74) is 2.86. The zero-order valence-electron chi connectivity index (χ0n) is 10.8. The van der Waals surface area contributed by atoms with Crippen LogP contribution in [0.25, 0.3) is 11.0 Å². The van der Waals surface area contributed by atoms with Gasteiger partial charge in [0.1, 0.15) is 5.82 Å². The molecule has 0 fully saturated rings. The van der Waals surface area contributed by atoms with Crippen molar-refractivity contribution in [2.75, 3.05) is 5.75 Å². The topological polar surface area (TPSA) is 64.0 Å². The van der Waals surface area contributed by atoms with E-state index in [4.69, 9.17) is 0 Å². The molecule has 0 bridgehead atoms. The predicted octanol–water partition coefficient (Wildman–Crippen LogP) is 1.32. The highest BCUT2D eigenvalue weighted by molar-refractivity contribution is 7.89. The van der Waals surface area contributed by atoms with Crippen LogP contribution < -0.4 is 4.72 Å². The van der Waals surface area contributed by atoms with E-state index < -0.39 is 10.0 Å². The summed E-state index contributed by atoms with van der Waals surface area (Å²) in [5.74, 6) is 1.04. The lowest BCUT2D eigenvalue weighted by Gasteiger charge is -2.04. The van der Waals surface area contributed by atoms with E-state index in [-0.39, 0.29) is 5.75 Å². The molecule has 1 aromatic heterocycles. The number of aryl methyl sites for hydroxylation is 2. The third kappa shape index (κ3) is 2.54. The van der Waals surface area contributed by atoms with E-state index in [1.807, 2.05) is 36.7 Å². The molecule has 1 aromatic carbocycles. The average molecular weight is 267 g/mol. The number of rotatable bonds is 4. The van der Waals surface area contributed by atoms with Gasteiger partial charge in [0.2, 0.25) is 10.0 Å². The minimum absolute atomic E-state index is 0.0952. The van der Waals surface area contributed by atoms with Crippen molar-refractivity contribution in [3.8, 4) is 0 Å². The van der Waals surface area contributed by atoms with Crippen LogP contribution in [0.4, 0.5) is 0 Å². The van der Waals surface area contributed by atoms with Gasteiger partial charge in [-0.1, -0.05) is 6.07 Å². The minimum Gasteiger partial charge on any atom is -0.331 e. The fraction of sp³-hybridized carbons (Fsp3) is 0.417. The van der Waals surface area contributed by atoms with Crippen LogP contribution in [0, 0.1) is 6.92 Å². The number of imidazole rings is 1. The Kier molecular flexibility index (Phi) is 3.41. The Bertz CT molecular complexity index is 674. The van der Waals surface area contributed by atoms with E-state index in [2.05, 4.69) is 9.71 Å². The van der Waals surface area contributed by atoms with Gasteiger partial charge in [-0.2, -0.15) is 0 Å². The lowest BCUT2D eigenvalue weighted by molar-refractivity contribution is 0.582. The first-order valence-electron chi connectivity index (χ1n) is 5.82. The Morgan fingerprint density at radius 1 is 1.39 bits per heavy atom. The van der Waals surface area contributed by atoms with Crippen molar-refractivity contribution >= 4 is 21.1 Å². The van der Waals surface area contributed by atoms with Crippen LogP contribution in [0.3, 0.4) is 0 Å². The summed E-state index contributed by atoms with van der Waals surface area (Å²) in [5, 5.41) is 0. The first-order chi connectivity index (χ1) is 8.43. The van der Waals surface area contributed by atoms with Crippen molar-refractivity contribution < 1.29 is 8.42 Å². The van der Waals surface area contributed by atoms with Gasteiger partial charge in [-0.05, 0) is 31.5 Å². The Morgan fingerprint density at radius 2 is 2.11 bits per heavy atom. The molecule has 0 saturated carbocycles. The third-order valence-electron chi connectivity index (χ3n) is 3.05. The summed E-state index contributed by atoms with van der Waals surface area (Å²) in [7, 11) is -1.19. The number of hydrogen-bond donors (Lipinski definition) is 1. The molecule has 0 saturated heterocycles. The van der Waals surface area contributed by atoms with Crippen LogP contribution in [-0.2, 0) is 23.6 Å². The number of nitrogens with one attached hydrogen (secondary N) is 1. The van der Waals surface area contributed by atoms with Gasteiger partial charge in [0.25, 0.3) is 0 Å². The van der Waals surface area contributed by atoms with E-state index in [9.17, 15) is 8.42 Å². The van der Waals surface area contributed by atoms with Crippen molar-refractivity contribution in [1.29, 1.82) is 0 Å². The number of aromatic nitrogens is 2. The second-order valence-electron chi connectivity index (χ2n) is 4.27. The number of benzene rings is 1. The van der Waals surface area contributed by atoms with Gasteiger partial charge in [0.05, 0.1) is 16.8 Å². The van der Waals surface area contributed by atoms with Crippen LogP contribution in [0.5, 0.6) is 0 Å². The normalized spacial score (nSPS) is 12.2. The zero-order valence-corrected chi connectivity index (χ0v) is 11.6. The van der Waals surface area contributed by atoms with Crippen molar-refractivity contribution in [3.63, 3.8) is 0 Å². The molecule has 0 aliphatic heterocycles. The molecule has 6 heteroatoms. The summed E-state index contributed by atoms with van der Waals surface area (Å²) >= 11 is 0. The molecule has 0 radical (unpaired) electrons. The molecular weight excluding hydrogens is 250 g/mol. The van der Waals surface area contributed by atoms with Gasteiger partial charge in [0.15, 0.2) is 0 Å². The smallest absolute Gasteiger partial charge is 0.211 e. The molecule has 0 aliphatic rings. The Morgan fingerprint density at radius 3 is 2.78 bits per heavy atom. The van der Waals surface area contributed by atoms with Crippen LogP contribution in [0.2, 0.25) is 0 Å². The lowest BCUT2D eigenvalue weighted by Crippen LogP contribution is -2.24. The van der Waals surface area contributed by atoms with Crippen molar-refractivity contribution in [1.82, 2.24) is 14.3 Å². The fourth-order valence-electron chi connectivity index (χ4n) is 1.77. The number of hydrogen-bond acceptors (Lipinski definition) is 3. The molecule has 98 valence electrons. The van der Waals surface area contributed by atoms with Gasteiger partial charge in [-0.3, -0.25) is 0 Å². The van der Waals surface area contributed by atoms with E-state index in [0.29, 0.717) is 6.54 Å². The van der Waals surface area contributed by atoms with Crippen LogP contribution in [-0.4, -0.2) is 23.7 Å². The van der Waals surface area contributed by atoms with Crippen LogP contribution in [0.15, 0.2) is 18.2 Å². The Balaban J connectivity index is 2.26. The molecule has 2 aromatic rings. The first-order valence-corrected chi connectivity index (χ1v) is 7.47. The standard InChI is InChI=1S/C12H17N3O2S/c1-4-18(16,17)13-8-10-5-6-12-11(7-10)14-9(2)15(12)3/h5-7,13H,4,8H2,1-3H3. The summed E-state index contributed by atoms with van der Waals surface area (Å²) in [4.78, 5) is 4.42. The van der Waals surface area contributed by atoms with Crippen molar-refractivity contribution in [2.24, 2.45) is 7.05 Å². The second kappa shape index (κ2) is 4.70. The van der Waals surface area contributed by atoms with E-state index >= 15 is 0 Å². The highest BCUT2D eigenvalue weighted by atomic mass is 32.2. The molecule has 0 atom stereocenters. The quantitative estimate of drug-likeness (QED) is 0.908. The maximum absolute atomic E-state index is 11.4. The van der Waals surface area contributed by atoms with E-state index in [0.717, 1.165) is 22.4 Å². The molecule has 0 amide bonds. The van der Waals surface area contributed by atoms with Gasteiger partial charge in [-0.25, -0.2) is 18.1 Å². The SMILES string of the molecule is CCS(=O)(=O)NCc1ccc2c(c1)nc(C)n2C. The average Bonchev–Trinajstić information content (AvgIpc) is 2.62. The Hall–Kier alpha value is -1.40. The largest absolute Gasteiger partial charge is 0.331 e. The first kappa shape index (κ1) is 13.0. The molecule has 18 heavy (non-hydrogen) atoms. The highest BCUT2D eigenvalue weighted by Crippen LogP contribution is 2.16. The molecule has 1 heterocycles. The van der Waals surface area contributed by atoms with E-state index in [1.165, 1.54) is 0 Å². The molecule has 1 N–H and O–H groups in total. The fourth-order valence-corrected chi connectivity index (χ4v) is 2.36. The predicted molar refractivity (Wildman–Crippen MR) is 71.8 cm³/mol. The molecular formula is C12H17N3O2S. The number of fused-ring (bicyclic) bond motifs is 1. The van der Waals surface area contributed by atoms with Crippen LogP contribution >= 0.6 is 0 Å². The summed E-state index contributed by atoms with van der Waals surface area (Å²) < 4.78 is 27.3. The molecule has 0 spiro atoms. The van der Waals surface area contributed by atoms with Crippen LogP contribution in [0.1, 0.15) is 18.3 Å². The Labute approximate surface area is 107 Å². The third-order valence-corrected chi connectivity index (χ3v) is 4.39. The molecule has 5 nitrogen and oxygen atoms in total. The van der Waals surface area contributed by atoms with Crippen molar-refractivity contribution in [2.45, 2.75) is 20.4 Å². The molecule has 0 unspecified atom stereocenters. The maximum atomic E-state index is 11.4. The highest BCUT2D eigenvalue weighted by Gasteiger charge is 2.08. The van der Waals surface area contributed by atoms with Gasteiger partial charge < -0.3 is 4.57 Å².